The highest BCUT2D eigenvalue weighted by Crippen LogP contribution is 2.08. The van der Waals surface area contributed by atoms with Gasteiger partial charge in [0.2, 0.25) is 0 Å². The predicted molar refractivity (Wildman–Crippen MR) is 90.1 cm³/mol. The zero-order valence-corrected chi connectivity index (χ0v) is 13.0. The molecule has 4 heteroatoms. The van der Waals surface area contributed by atoms with Crippen molar-refractivity contribution in [2.75, 3.05) is 18.4 Å². The Morgan fingerprint density at radius 1 is 1.14 bits per heavy atom. The molecule has 0 saturated heterocycles. The van der Waals surface area contributed by atoms with E-state index in [1.807, 2.05) is 24.3 Å². The van der Waals surface area contributed by atoms with E-state index in [4.69, 9.17) is 0 Å². The number of unbranched alkanes of at least 4 members (excludes halogenated alkanes) is 1. The molecule has 0 unspecified atom stereocenters. The summed E-state index contributed by atoms with van der Waals surface area (Å²) in [5.74, 6) is -0.130. The number of nitrogens with zero attached hydrogens (tertiary/aromatic N) is 1. The Balaban J connectivity index is 1.82. The van der Waals surface area contributed by atoms with Gasteiger partial charge < -0.3 is 10.6 Å². The van der Waals surface area contributed by atoms with Crippen molar-refractivity contribution in [1.29, 1.82) is 0 Å². The second kappa shape index (κ2) is 8.82. The minimum atomic E-state index is -0.130. The highest BCUT2D eigenvalue weighted by atomic mass is 16.1. The zero-order valence-electron chi connectivity index (χ0n) is 13.0. The number of aromatic nitrogens is 1. The Morgan fingerprint density at radius 2 is 1.95 bits per heavy atom. The maximum absolute atomic E-state index is 12.1. The summed E-state index contributed by atoms with van der Waals surface area (Å²) in [4.78, 5) is 16.3. The molecule has 0 fully saturated rings. The van der Waals surface area contributed by atoms with E-state index in [-0.39, 0.29) is 5.91 Å². The van der Waals surface area contributed by atoms with E-state index in [0.717, 1.165) is 31.5 Å². The van der Waals surface area contributed by atoms with E-state index in [2.05, 4.69) is 34.7 Å². The molecule has 1 aromatic carbocycles. The first-order chi connectivity index (χ1) is 10.8. The van der Waals surface area contributed by atoms with Crippen LogP contribution in [0.2, 0.25) is 0 Å². The van der Waals surface area contributed by atoms with Gasteiger partial charge in [0.05, 0.1) is 0 Å². The molecule has 1 amide bonds. The molecule has 0 atom stereocenters. The van der Waals surface area contributed by atoms with Crippen LogP contribution in [0.1, 0.15) is 35.8 Å². The number of carbonyl (C=O) groups excluding carboxylic acids is 1. The summed E-state index contributed by atoms with van der Waals surface area (Å²) in [6, 6.07) is 13.8. The van der Waals surface area contributed by atoms with Gasteiger partial charge in [-0.25, -0.2) is 0 Å². The number of hydrogen-bond donors (Lipinski definition) is 2. The summed E-state index contributed by atoms with van der Waals surface area (Å²) in [5.41, 5.74) is 2.61. The first-order valence-corrected chi connectivity index (χ1v) is 7.81. The average molecular weight is 297 g/mol. The van der Waals surface area contributed by atoms with E-state index in [0.29, 0.717) is 12.2 Å². The van der Waals surface area contributed by atoms with Crippen LogP contribution in [0.3, 0.4) is 0 Å². The van der Waals surface area contributed by atoms with Gasteiger partial charge in [0.1, 0.15) is 5.69 Å². The lowest BCUT2D eigenvalue weighted by atomic mass is 10.1. The van der Waals surface area contributed by atoms with Gasteiger partial charge in [-0.05, 0) is 30.5 Å². The number of amides is 1. The molecule has 0 aliphatic heterocycles. The van der Waals surface area contributed by atoms with Gasteiger partial charge in [-0.15, -0.1) is 0 Å². The van der Waals surface area contributed by atoms with Crippen molar-refractivity contribution in [3.05, 3.63) is 59.9 Å². The standard InChI is InChI=1S/C18H23N3O/c1-2-3-11-19-16-10-13-20-17(14-16)18(22)21-12-9-15-7-5-4-6-8-15/h4-8,10,13-14H,2-3,9,11-12H2,1H3,(H,19,20)(H,21,22). The van der Waals surface area contributed by atoms with Crippen LogP contribution in [0.15, 0.2) is 48.7 Å². The fraction of sp³-hybridized carbons (Fsp3) is 0.333. The third-order valence-electron chi connectivity index (χ3n) is 3.39. The van der Waals surface area contributed by atoms with Crippen molar-refractivity contribution in [1.82, 2.24) is 10.3 Å². The number of nitrogens with one attached hydrogen (secondary N) is 2. The third kappa shape index (κ3) is 5.20. The molecule has 0 spiro atoms. The quantitative estimate of drug-likeness (QED) is 0.735. The molecule has 2 rings (SSSR count). The summed E-state index contributed by atoms with van der Waals surface area (Å²) in [5, 5.41) is 6.22. The Labute approximate surface area is 132 Å². The van der Waals surface area contributed by atoms with Gasteiger partial charge in [-0.3, -0.25) is 9.78 Å². The van der Waals surface area contributed by atoms with Gasteiger partial charge in [0.15, 0.2) is 0 Å². The molecule has 0 bridgehead atoms. The molecule has 0 aliphatic rings. The molecule has 1 aromatic heterocycles. The number of carbonyl (C=O) groups is 1. The largest absolute Gasteiger partial charge is 0.385 e. The second-order valence-electron chi connectivity index (χ2n) is 5.20. The molecule has 2 N–H and O–H groups in total. The van der Waals surface area contributed by atoms with E-state index in [1.54, 1.807) is 12.3 Å². The highest BCUT2D eigenvalue weighted by molar-refractivity contribution is 5.93. The fourth-order valence-corrected chi connectivity index (χ4v) is 2.13. The van der Waals surface area contributed by atoms with Gasteiger partial charge in [0.25, 0.3) is 5.91 Å². The molecule has 116 valence electrons. The molecule has 0 aliphatic carbocycles. The second-order valence-corrected chi connectivity index (χ2v) is 5.20. The van der Waals surface area contributed by atoms with Crippen LogP contribution in [-0.4, -0.2) is 24.0 Å². The molecule has 0 saturated carbocycles. The lowest BCUT2D eigenvalue weighted by molar-refractivity contribution is 0.0949. The summed E-state index contributed by atoms with van der Waals surface area (Å²) in [6.07, 6.45) is 4.74. The Morgan fingerprint density at radius 3 is 2.73 bits per heavy atom. The molecule has 22 heavy (non-hydrogen) atoms. The van der Waals surface area contributed by atoms with Crippen molar-refractivity contribution in [3.8, 4) is 0 Å². The van der Waals surface area contributed by atoms with Crippen LogP contribution in [-0.2, 0) is 6.42 Å². The molecule has 1 heterocycles. The van der Waals surface area contributed by atoms with Crippen LogP contribution < -0.4 is 10.6 Å². The molecule has 2 aromatic rings. The normalized spacial score (nSPS) is 10.2. The minimum Gasteiger partial charge on any atom is -0.385 e. The first kappa shape index (κ1) is 16.0. The number of pyridine rings is 1. The van der Waals surface area contributed by atoms with Gasteiger partial charge in [-0.1, -0.05) is 43.7 Å². The summed E-state index contributed by atoms with van der Waals surface area (Å²) >= 11 is 0. The molecule has 4 nitrogen and oxygen atoms in total. The highest BCUT2D eigenvalue weighted by Gasteiger charge is 2.07. The maximum atomic E-state index is 12.1. The summed E-state index contributed by atoms with van der Waals surface area (Å²) < 4.78 is 0. The average Bonchev–Trinajstić information content (AvgIpc) is 2.56. The lowest BCUT2D eigenvalue weighted by Crippen LogP contribution is -2.26. The van der Waals surface area contributed by atoms with Gasteiger partial charge in [0, 0.05) is 25.0 Å². The van der Waals surface area contributed by atoms with Crippen molar-refractivity contribution < 1.29 is 4.79 Å². The van der Waals surface area contributed by atoms with E-state index in [1.165, 1.54) is 5.56 Å². The topological polar surface area (TPSA) is 54.0 Å². The van der Waals surface area contributed by atoms with Crippen LogP contribution in [0.4, 0.5) is 5.69 Å². The predicted octanol–water partition coefficient (Wildman–Crippen LogP) is 3.27. The van der Waals surface area contributed by atoms with Crippen molar-refractivity contribution in [3.63, 3.8) is 0 Å². The van der Waals surface area contributed by atoms with Crippen molar-refractivity contribution in [2.45, 2.75) is 26.2 Å². The molecular weight excluding hydrogens is 274 g/mol. The number of rotatable bonds is 8. The zero-order chi connectivity index (χ0) is 15.6. The van der Waals surface area contributed by atoms with Crippen molar-refractivity contribution in [2.24, 2.45) is 0 Å². The Hall–Kier alpha value is -2.36. The number of anilines is 1. The van der Waals surface area contributed by atoms with Crippen LogP contribution >= 0.6 is 0 Å². The lowest BCUT2D eigenvalue weighted by Gasteiger charge is -2.08. The van der Waals surface area contributed by atoms with Gasteiger partial charge in [-0.2, -0.15) is 0 Å². The molecular formula is C18H23N3O. The smallest absolute Gasteiger partial charge is 0.269 e. The van der Waals surface area contributed by atoms with Crippen LogP contribution in [0, 0.1) is 0 Å². The minimum absolute atomic E-state index is 0.130. The monoisotopic (exact) mass is 297 g/mol. The summed E-state index contributed by atoms with van der Waals surface area (Å²) in [7, 11) is 0. The van der Waals surface area contributed by atoms with E-state index >= 15 is 0 Å². The third-order valence-corrected chi connectivity index (χ3v) is 3.39. The Kier molecular flexibility index (Phi) is 6.42. The fourth-order valence-electron chi connectivity index (χ4n) is 2.13. The van der Waals surface area contributed by atoms with Crippen molar-refractivity contribution >= 4 is 11.6 Å². The molecule has 0 radical (unpaired) electrons. The maximum Gasteiger partial charge on any atom is 0.269 e. The van der Waals surface area contributed by atoms with Crippen LogP contribution in [0.25, 0.3) is 0 Å². The first-order valence-electron chi connectivity index (χ1n) is 7.81. The SMILES string of the molecule is CCCCNc1ccnc(C(=O)NCCc2ccccc2)c1. The van der Waals surface area contributed by atoms with E-state index < -0.39 is 0 Å². The van der Waals surface area contributed by atoms with Gasteiger partial charge >= 0.3 is 0 Å². The summed E-state index contributed by atoms with van der Waals surface area (Å²) in [6.45, 7) is 3.67. The number of benzene rings is 1. The number of hydrogen-bond acceptors (Lipinski definition) is 3. The Bertz CT molecular complexity index is 584. The van der Waals surface area contributed by atoms with Crippen LogP contribution in [0.5, 0.6) is 0 Å². The van der Waals surface area contributed by atoms with E-state index in [9.17, 15) is 4.79 Å².